The Kier molecular flexibility index (Phi) is 3.42. The molecule has 2 unspecified atom stereocenters. The third-order valence-electron chi connectivity index (χ3n) is 2.93. The van der Waals surface area contributed by atoms with Gasteiger partial charge in [0.2, 0.25) is 5.91 Å². The lowest BCUT2D eigenvalue weighted by molar-refractivity contribution is -0.115. The molecule has 5 nitrogen and oxygen atoms in total. The van der Waals surface area contributed by atoms with Crippen molar-refractivity contribution in [3.8, 4) is 0 Å². The first-order valence-electron chi connectivity index (χ1n) is 5.60. The molecular weight excluding hydrogens is 220 g/mol. The van der Waals surface area contributed by atoms with Crippen molar-refractivity contribution in [1.82, 2.24) is 0 Å². The first kappa shape index (κ1) is 12.0. The van der Waals surface area contributed by atoms with Crippen LogP contribution in [0.15, 0.2) is 18.2 Å². The maximum absolute atomic E-state index is 11.2. The fourth-order valence-electron chi connectivity index (χ4n) is 1.97. The van der Waals surface area contributed by atoms with Gasteiger partial charge in [-0.15, -0.1) is 0 Å². The molecule has 1 heterocycles. The summed E-state index contributed by atoms with van der Waals surface area (Å²) in [7, 11) is 0. The van der Waals surface area contributed by atoms with E-state index in [4.69, 9.17) is 5.73 Å². The lowest BCUT2D eigenvalue weighted by Crippen LogP contribution is -2.21. The monoisotopic (exact) mass is 236 g/mol. The summed E-state index contributed by atoms with van der Waals surface area (Å²) in [5.74, 6) is -0.0471. The van der Waals surface area contributed by atoms with Crippen LogP contribution in [0.4, 0.5) is 5.69 Å². The molecule has 17 heavy (non-hydrogen) atoms. The molecular formula is C12H16N2O3. The Bertz CT molecular complexity index is 434. The van der Waals surface area contributed by atoms with Crippen LogP contribution in [0.25, 0.3) is 0 Å². The maximum Gasteiger partial charge on any atom is 0.228 e. The van der Waals surface area contributed by atoms with Crippen LogP contribution in [-0.4, -0.2) is 28.8 Å². The van der Waals surface area contributed by atoms with Crippen LogP contribution in [0.3, 0.4) is 0 Å². The smallest absolute Gasteiger partial charge is 0.228 e. The van der Waals surface area contributed by atoms with Crippen molar-refractivity contribution in [2.45, 2.75) is 25.0 Å². The molecule has 0 saturated carbocycles. The Balaban J connectivity index is 2.18. The summed E-state index contributed by atoms with van der Waals surface area (Å²) in [5, 5.41) is 22.3. The molecule has 0 spiro atoms. The molecule has 0 fully saturated rings. The van der Waals surface area contributed by atoms with E-state index < -0.39 is 12.2 Å². The number of carbonyl (C=O) groups excluding carboxylic acids is 1. The molecule has 2 atom stereocenters. The van der Waals surface area contributed by atoms with Crippen molar-refractivity contribution in [2.24, 2.45) is 5.73 Å². The number of benzene rings is 1. The quantitative estimate of drug-likeness (QED) is 0.588. The first-order valence-corrected chi connectivity index (χ1v) is 5.60. The lowest BCUT2D eigenvalue weighted by Gasteiger charge is -2.18. The predicted molar refractivity (Wildman–Crippen MR) is 63.4 cm³/mol. The minimum Gasteiger partial charge on any atom is -0.390 e. The molecule has 0 aliphatic carbocycles. The third kappa shape index (κ3) is 2.46. The fraction of sp³-hybridized carbons (Fsp3) is 0.417. The van der Waals surface area contributed by atoms with E-state index >= 15 is 0 Å². The number of aliphatic hydroxyl groups is 2. The molecule has 1 aromatic rings. The molecule has 5 N–H and O–H groups in total. The largest absolute Gasteiger partial charge is 0.390 e. The summed E-state index contributed by atoms with van der Waals surface area (Å²) in [6.45, 7) is 0.319. The highest BCUT2D eigenvalue weighted by Gasteiger charge is 2.22. The number of anilines is 1. The van der Waals surface area contributed by atoms with Crippen LogP contribution in [0.5, 0.6) is 0 Å². The standard InChI is InChI=1S/C12H16N2O3/c13-4-3-10(15)12(17)8-2-1-7-6-11(16)14-9(7)5-8/h1-2,5,10,12,15,17H,3-4,6,13H2,(H,14,16). The summed E-state index contributed by atoms with van der Waals surface area (Å²) < 4.78 is 0. The van der Waals surface area contributed by atoms with Crippen molar-refractivity contribution in [2.75, 3.05) is 11.9 Å². The first-order chi connectivity index (χ1) is 8.11. The van der Waals surface area contributed by atoms with Gasteiger partial charge in [-0.3, -0.25) is 4.79 Å². The molecule has 0 bridgehead atoms. The molecule has 0 radical (unpaired) electrons. The van der Waals surface area contributed by atoms with Crippen LogP contribution >= 0.6 is 0 Å². The van der Waals surface area contributed by atoms with Crippen molar-refractivity contribution >= 4 is 11.6 Å². The third-order valence-corrected chi connectivity index (χ3v) is 2.93. The minimum atomic E-state index is -0.971. The fourth-order valence-corrected chi connectivity index (χ4v) is 1.97. The number of hydrogen-bond acceptors (Lipinski definition) is 4. The second-order valence-corrected chi connectivity index (χ2v) is 4.23. The highest BCUT2D eigenvalue weighted by atomic mass is 16.3. The van der Waals surface area contributed by atoms with Gasteiger partial charge in [0.25, 0.3) is 0 Å². The second kappa shape index (κ2) is 4.83. The average molecular weight is 236 g/mol. The van der Waals surface area contributed by atoms with E-state index in [9.17, 15) is 15.0 Å². The van der Waals surface area contributed by atoms with E-state index in [1.807, 2.05) is 0 Å². The van der Waals surface area contributed by atoms with Gasteiger partial charge in [0, 0.05) is 5.69 Å². The normalized spacial score (nSPS) is 17.5. The van der Waals surface area contributed by atoms with Crippen molar-refractivity contribution in [1.29, 1.82) is 0 Å². The van der Waals surface area contributed by atoms with E-state index in [2.05, 4.69) is 5.32 Å². The summed E-state index contributed by atoms with van der Waals surface area (Å²) in [5.41, 5.74) is 7.55. The Labute approximate surface area is 99.3 Å². The van der Waals surface area contributed by atoms with Gasteiger partial charge in [-0.25, -0.2) is 0 Å². The van der Waals surface area contributed by atoms with Crippen molar-refractivity contribution in [3.05, 3.63) is 29.3 Å². The average Bonchev–Trinajstić information content (AvgIpc) is 2.67. The molecule has 1 amide bonds. The lowest BCUT2D eigenvalue weighted by atomic mass is 10.00. The Morgan fingerprint density at radius 1 is 1.41 bits per heavy atom. The van der Waals surface area contributed by atoms with Gasteiger partial charge >= 0.3 is 0 Å². The SMILES string of the molecule is NCCC(O)C(O)c1ccc2c(c1)NC(=O)C2. The highest BCUT2D eigenvalue weighted by Crippen LogP contribution is 2.28. The molecule has 1 aliphatic rings. The predicted octanol–water partition coefficient (Wildman–Crippen LogP) is -0.0757. The summed E-state index contributed by atoms with van der Waals surface area (Å²) in [6, 6.07) is 5.22. The van der Waals surface area contributed by atoms with Crippen molar-refractivity contribution in [3.63, 3.8) is 0 Å². The van der Waals surface area contributed by atoms with Gasteiger partial charge in [0.05, 0.1) is 12.5 Å². The van der Waals surface area contributed by atoms with E-state index in [0.717, 1.165) is 5.56 Å². The number of hydrogen-bond donors (Lipinski definition) is 4. The highest BCUT2D eigenvalue weighted by molar-refractivity contribution is 5.99. The second-order valence-electron chi connectivity index (χ2n) is 4.23. The van der Waals surface area contributed by atoms with Crippen LogP contribution in [0, 0.1) is 0 Å². The van der Waals surface area contributed by atoms with E-state index in [0.29, 0.717) is 30.6 Å². The summed E-state index contributed by atoms with van der Waals surface area (Å²) >= 11 is 0. The summed E-state index contributed by atoms with van der Waals surface area (Å²) in [6.07, 6.45) is -1.14. The zero-order valence-electron chi connectivity index (χ0n) is 9.39. The van der Waals surface area contributed by atoms with E-state index in [-0.39, 0.29) is 5.91 Å². The van der Waals surface area contributed by atoms with Gasteiger partial charge in [-0.2, -0.15) is 0 Å². The Morgan fingerprint density at radius 3 is 2.88 bits per heavy atom. The number of nitrogens with two attached hydrogens (primary N) is 1. The van der Waals surface area contributed by atoms with Crippen LogP contribution in [0.2, 0.25) is 0 Å². The molecule has 1 aliphatic heterocycles. The van der Waals surface area contributed by atoms with Gasteiger partial charge < -0.3 is 21.3 Å². The van der Waals surface area contributed by atoms with Gasteiger partial charge in [0.1, 0.15) is 6.10 Å². The maximum atomic E-state index is 11.2. The zero-order valence-corrected chi connectivity index (χ0v) is 9.39. The van der Waals surface area contributed by atoms with E-state index in [1.54, 1.807) is 18.2 Å². The Hall–Kier alpha value is -1.43. The van der Waals surface area contributed by atoms with Gasteiger partial charge in [0.15, 0.2) is 0 Å². The topological polar surface area (TPSA) is 95.6 Å². The van der Waals surface area contributed by atoms with Crippen LogP contribution < -0.4 is 11.1 Å². The Morgan fingerprint density at radius 2 is 2.18 bits per heavy atom. The van der Waals surface area contributed by atoms with Gasteiger partial charge in [-0.1, -0.05) is 12.1 Å². The minimum absolute atomic E-state index is 0.0471. The zero-order chi connectivity index (χ0) is 12.4. The number of nitrogens with one attached hydrogen (secondary N) is 1. The number of fused-ring (bicyclic) bond motifs is 1. The van der Waals surface area contributed by atoms with Crippen LogP contribution in [0.1, 0.15) is 23.7 Å². The molecule has 0 saturated heterocycles. The van der Waals surface area contributed by atoms with Gasteiger partial charge in [-0.05, 0) is 30.2 Å². The number of amides is 1. The summed E-state index contributed by atoms with van der Waals surface area (Å²) in [4.78, 5) is 11.2. The molecule has 92 valence electrons. The van der Waals surface area contributed by atoms with Crippen molar-refractivity contribution < 1.29 is 15.0 Å². The molecule has 0 aromatic heterocycles. The van der Waals surface area contributed by atoms with Crippen LogP contribution in [-0.2, 0) is 11.2 Å². The molecule has 5 heteroatoms. The number of rotatable bonds is 4. The molecule has 1 aromatic carbocycles. The van der Waals surface area contributed by atoms with E-state index in [1.165, 1.54) is 0 Å². The number of aliphatic hydroxyl groups excluding tert-OH is 2. The molecule has 2 rings (SSSR count). The number of carbonyl (C=O) groups is 1.